The van der Waals surface area contributed by atoms with Crippen molar-refractivity contribution in [3.05, 3.63) is 59.7 Å². The fourth-order valence-corrected chi connectivity index (χ4v) is 4.40. The number of nitrogens with one attached hydrogen (secondary N) is 2. The van der Waals surface area contributed by atoms with Gasteiger partial charge in [0.1, 0.15) is 0 Å². The predicted molar refractivity (Wildman–Crippen MR) is 108 cm³/mol. The van der Waals surface area contributed by atoms with Gasteiger partial charge in [-0.3, -0.25) is 9.52 Å². The third-order valence-electron chi connectivity index (χ3n) is 4.93. The lowest BCUT2D eigenvalue weighted by Gasteiger charge is -2.13. The van der Waals surface area contributed by atoms with E-state index in [2.05, 4.69) is 23.9 Å². The fraction of sp³-hybridized carbons (Fsp3) is 0.381. The highest BCUT2D eigenvalue weighted by molar-refractivity contribution is 7.92. The van der Waals surface area contributed by atoms with Crippen molar-refractivity contribution in [2.75, 3.05) is 4.72 Å². The van der Waals surface area contributed by atoms with Crippen molar-refractivity contribution in [1.82, 2.24) is 5.32 Å². The lowest BCUT2D eigenvalue weighted by Crippen LogP contribution is -2.32. The summed E-state index contributed by atoms with van der Waals surface area (Å²) in [6.07, 6.45) is 4.22. The number of anilines is 1. The third kappa shape index (κ3) is 4.89. The second-order valence-corrected chi connectivity index (χ2v) is 9.05. The quantitative estimate of drug-likeness (QED) is 0.778. The minimum absolute atomic E-state index is 0.0782. The molecule has 1 aliphatic rings. The molecule has 0 unspecified atom stereocenters. The number of hydrogen-bond acceptors (Lipinski definition) is 3. The van der Waals surface area contributed by atoms with E-state index in [9.17, 15) is 13.2 Å². The first-order valence-corrected chi connectivity index (χ1v) is 10.9. The molecule has 2 aromatic carbocycles. The molecule has 1 aliphatic carbocycles. The zero-order chi connectivity index (χ0) is 19.4. The molecule has 5 nitrogen and oxygen atoms in total. The molecule has 0 aromatic heterocycles. The highest BCUT2D eigenvalue weighted by Crippen LogP contribution is 2.21. The van der Waals surface area contributed by atoms with Gasteiger partial charge >= 0.3 is 0 Å². The number of carbonyl (C=O) groups excluding carboxylic acids is 1. The van der Waals surface area contributed by atoms with E-state index in [1.54, 1.807) is 24.3 Å². The number of amides is 1. The third-order valence-corrected chi connectivity index (χ3v) is 6.31. The van der Waals surface area contributed by atoms with Crippen LogP contribution < -0.4 is 10.0 Å². The van der Waals surface area contributed by atoms with Crippen molar-refractivity contribution in [3.63, 3.8) is 0 Å². The molecule has 2 aromatic rings. The van der Waals surface area contributed by atoms with Crippen LogP contribution in [0.25, 0.3) is 0 Å². The van der Waals surface area contributed by atoms with E-state index >= 15 is 0 Å². The molecule has 27 heavy (non-hydrogen) atoms. The minimum Gasteiger partial charge on any atom is -0.349 e. The average Bonchev–Trinajstić information content (AvgIpc) is 3.15. The van der Waals surface area contributed by atoms with Gasteiger partial charge in [0.15, 0.2) is 0 Å². The van der Waals surface area contributed by atoms with Gasteiger partial charge in [0.2, 0.25) is 0 Å². The van der Waals surface area contributed by atoms with E-state index in [0.717, 1.165) is 31.2 Å². The second-order valence-electron chi connectivity index (χ2n) is 7.36. The standard InChI is InChI=1S/C21H26N2O3S/c1-15(2)16-10-12-19(13-11-16)23-27(25,26)20-9-5-6-17(14-20)21(24)22-18-7-3-4-8-18/h5-6,9-15,18,23H,3-4,7-8H2,1-2H3,(H,22,24). The maximum atomic E-state index is 12.7. The summed E-state index contributed by atoms with van der Waals surface area (Å²) in [4.78, 5) is 12.5. The van der Waals surface area contributed by atoms with Gasteiger partial charge in [-0.15, -0.1) is 0 Å². The van der Waals surface area contributed by atoms with Crippen LogP contribution in [0.3, 0.4) is 0 Å². The molecule has 1 saturated carbocycles. The molecule has 0 heterocycles. The van der Waals surface area contributed by atoms with Gasteiger partial charge in [-0.1, -0.05) is 44.9 Å². The van der Waals surface area contributed by atoms with E-state index < -0.39 is 10.0 Å². The Balaban J connectivity index is 1.75. The first-order valence-electron chi connectivity index (χ1n) is 9.39. The molecule has 0 aliphatic heterocycles. The predicted octanol–water partition coefficient (Wildman–Crippen LogP) is 4.28. The Labute approximate surface area is 161 Å². The number of sulfonamides is 1. The van der Waals surface area contributed by atoms with Crippen molar-refractivity contribution in [1.29, 1.82) is 0 Å². The average molecular weight is 387 g/mol. The normalized spacial score (nSPS) is 15.1. The number of benzene rings is 2. The summed E-state index contributed by atoms with van der Waals surface area (Å²) in [6, 6.07) is 13.7. The summed E-state index contributed by atoms with van der Waals surface area (Å²) in [5, 5.41) is 2.99. The molecule has 0 saturated heterocycles. The molecular weight excluding hydrogens is 360 g/mol. The fourth-order valence-electron chi connectivity index (χ4n) is 3.29. The lowest BCUT2D eigenvalue weighted by molar-refractivity contribution is 0.0937. The van der Waals surface area contributed by atoms with Gasteiger partial charge in [-0.2, -0.15) is 0 Å². The Morgan fingerprint density at radius 2 is 1.70 bits per heavy atom. The van der Waals surface area contributed by atoms with E-state index in [1.165, 1.54) is 12.1 Å². The van der Waals surface area contributed by atoms with Gasteiger partial charge < -0.3 is 5.32 Å². The zero-order valence-corrected chi connectivity index (χ0v) is 16.6. The van der Waals surface area contributed by atoms with Crippen molar-refractivity contribution >= 4 is 21.6 Å². The van der Waals surface area contributed by atoms with Crippen LogP contribution in [-0.4, -0.2) is 20.4 Å². The highest BCUT2D eigenvalue weighted by atomic mass is 32.2. The van der Waals surface area contributed by atoms with Crippen LogP contribution in [0.5, 0.6) is 0 Å². The molecule has 0 atom stereocenters. The number of rotatable bonds is 6. The topological polar surface area (TPSA) is 75.3 Å². The molecular formula is C21H26N2O3S. The Kier molecular flexibility index (Phi) is 5.85. The van der Waals surface area contributed by atoms with Gasteiger partial charge in [-0.25, -0.2) is 8.42 Å². The zero-order valence-electron chi connectivity index (χ0n) is 15.7. The van der Waals surface area contributed by atoms with Crippen LogP contribution in [0.4, 0.5) is 5.69 Å². The van der Waals surface area contributed by atoms with E-state index in [0.29, 0.717) is 17.2 Å². The molecule has 1 amide bonds. The van der Waals surface area contributed by atoms with Gasteiger partial charge in [0.25, 0.3) is 15.9 Å². The number of carbonyl (C=O) groups is 1. The van der Waals surface area contributed by atoms with E-state index in [1.807, 2.05) is 12.1 Å². The van der Waals surface area contributed by atoms with Crippen LogP contribution in [0, 0.1) is 0 Å². The van der Waals surface area contributed by atoms with Gasteiger partial charge in [0.05, 0.1) is 4.90 Å². The lowest BCUT2D eigenvalue weighted by atomic mass is 10.0. The summed E-state index contributed by atoms with van der Waals surface area (Å²) in [5.41, 5.74) is 2.00. The largest absolute Gasteiger partial charge is 0.349 e. The van der Waals surface area contributed by atoms with Crippen molar-refractivity contribution in [2.24, 2.45) is 0 Å². The van der Waals surface area contributed by atoms with Gasteiger partial charge in [0, 0.05) is 17.3 Å². The smallest absolute Gasteiger partial charge is 0.261 e. The molecule has 3 rings (SSSR count). The second kappa shape index (κ2) is 8.13. The first kappa shape index (κ1) is 19.4. The maximum absolute atomic E-state index is 12.7. The summed E-state index contributed by atoms with van der Waals surface area (Å²) in [7, 11) is -3.76. The molecule has 1 fully saturated rings. The molecule has 0 spiro atoms. The summed E-state index contributed by atoms with van der Waals surface area (Å²) in [5.74, 6) is 0.158. The minimum atomic E-state index is -3.76. The molecule has 2 N–H and O–H groups in total. The highest BCUT2D eigenvalue weighted by Gasteiger charge is 2.20. The summed E-state index contributed by atoms with van der Waals surface area (Å²) >= 11 is 0. The SMILES string of the molecule is CC(C)c1ccc(NS(=O)(=O)c2cccc(C(=O)NC3CCCC3)c2)cc1. The Morgan fingerprint density at radius 1 is 1.04 bits per heavy atom. The van der Waals surface area contributed by atoms with E-state index in [4.69, 9.17) is 0 Å². The van der Waals surface area contributed by atoms with Crippen molar-refractivity contribution in [3.8, 4) is 0 Å². The maximum Gasteiger partial charge on any atom is 0.261 e. The Hall–Kier alpha value is -2.34. The van der Waals surface area contributed by atoms with Crippen LogP contribution in [-0.2, 0) is 10.0 Å². The molecule has 0 bridgehead atoms. The van der Waals surface area contributed by atoms with Crippen LogP contribution in [0.1, 0.15) is 61.4 Å². The summed E-state index contributed by atoms with van der Waals surface area (Å²) in [6.45, 7) is 4.17. The van der Waals surface area contributed by atoms with Crippen LogP contribution >= 0.6 is 0 Å². The van der Waals surface area contributed by atoms with Crippen molar-refractivity contribution in [2.45, 2.75) is 56.4 Å². The summed E-state index contributed by atoms with van der Waals surface area (Å²) < 4.78 is 28.0. The van der Waals surface area contributed by atoms with E-state index in [-0.39, 0.29) is 16.8 Å². The monoisotopic (exact) mass is 386 g/mol. The molecule has 144 valence electrons. The number of hydrogen-bond donors (Lipinski definition) is 2. The van der Waals surface area contributed by atoms with Crippen LogP contribution in [0.15, 0.2) is 53.4 Å². The Morgan fingerprint density at radius 3 is 2.33 bits per heavy atom. The Bertz CT molecular complexity index is 899. The molecule has 6 heteroatoms. The molecule has 0 radical (unpaired) electrons. The van der Waals surface area contributed by atoms with Crippen molar-refractivity contribution < 1.29 is 13.2 Å². The van der Waals surface area contributed by atoms with Gasteiger partial charge in [-0.05, 0) is 54.7 Å². The van der Waals surface area contributed by atoms with Crippen LogP contribution in [0.2, 0.25) is 0 Å². The first-order chi connectivity index (χ1) is 12.8.